The molecule has 1 heterocycles. The molecule has 20 heavy (non-hydrogen) atoms. The average molecular weight is 309 g/mol. The summed E-state index contributed by atoms with van der Waals surface area (Å²) >= 11 is 7.69. The Hall–Kier alpha value is -1.10. The van der Waals surface area contributed by atoms with Crippen LogP contribution < -0.4 is 10.1 Å². The van der Waals surface area contributed by atoms with E-state index >= 15 is 0 Å². The van der Waals surface area contributed by atoms with E-state index in [-0.39, 0.29) is 0 Å². The number of aromatic nitrogens is 1. The predicted molar refractivity (Wildman–Crippen MR) is 82.6 cm³/mol. The summed E-state index contributed by atoms with van der Waals surface area (Å²) in [6.45, 7) is 1.40. The molecule has 1 aliphatic carbocycles. The van der Waals surface area contributed by atoms with Crippen LogP contribution in [0.2, 0.25) is 5.02 Å². The van der Waals surface area contributed by atoms with Gasteiger partial charge in [-0.1, -0.05) is 17.7 Å². The molecule has 1 aliphatic rings. The smallest absolute Gasteiger partial charge is 0.140 e. The maximum absolute atomic E-state index is 5.95. The van der Waals surface area contributed by atoms with Crippen LogP contribution in [0.25, 0.3) is 0 Å². The van der Waals surface area contributed by atoms with E-state index in [4.69, 9.17) is 21.3 Å². The zero-order valence-corrected chi connectivity index (χ0v) is 12.9. The van der Waals surface area contributed by atoms with Crippen LogP contribution in [0, 0.1) is 0 Å². The van der Waals surface area contributed by atoms with Crippen LogP contribution in [0.1, 0.15) is 34.3 Å². The van der Waals surface area contributed by atoms with Crippen LogP contribution in [-0.4, -0.2) is 12.0 Å². The van der Waals surface area contributed by atoms with Crippen LogP contribution in [-0.2, 0) is 13.2 Å². The maximum atomic E-state index is 5.95. The van der Waals surface area contributed by atoms with Crippen molar-refractivity contribution in [2.75, 3.05) is 7.05 Å². The molecule has 1 aromatic heterocycles. The van der Waals surface area contributed by atoms with E-state index in [1.807, 2.05) is 31.3 Å². The number of thiazole rings is 1. The fourth-order valence-corrected chi connectivity index (χ4v) is 3.40. The van der Waals surface area contributed by atoms with Gasteiger partial charge in [0.1, 0.15) is 17.4 Å². The summed E-state index contributed by atoms with van der Waals surface area (Å²) in [7, 11) is 1.97. The lowest BCUT2D eigenvalue weighted by molar-refractivity contribution is 0.305. The Balaban J connectivity index is 1.69. The van der Waals surface area contributed by atoms with Crippen molar-refractivity contribution in [2.45, 2.75) is 31.9 Å². The molecule has 0 aliphatic heterocycles. The average Bonchev–Trinajstić information content (AvgIpc) is 3.20. The third-order valence-electron chi connectivity index (χ3n) is 3.23. The predicted octanol–water partition coefficient (Wildman–Crippen LogP) is 3.97. The Morgan fingerprint density at radius 1 is 1.45 bits per heavy atom. The van der Waals surface area contributed by atoms with Gasteiger partial charge in [0.25, 0.3) is 0 Å². The van der Waals surface area contributed by atoms with Gasteiger partial charge in [-0.3, -0.25) is 0 Å². The third-order valence-corrected chi connectivity index (χ3v) is 4.51. The van der Waals surface area contributed by atoms with Crippen LogP contribution >= 0.6 is 22.9 Å². The summed E-state index contributed by atoms with van der Waals surface area (Å²) in [5, 5.41) is 4.94. The normalized spacial score (nSPS) is 14.5. The Morgan fingerprint density at radius 2 is 2.30 bits per heavy atom. The molecule has 3 rings (SSSR count). The largest absolute Gasteiger partial charge is 0.486 e. The van der Waals surface area contributed by atoms with Crippen molar-refractivity contribution in [3.8, 4) is 5.75 Å². The molecule has 5 heteroatoms. The lowest BCUT2D eigenvalue weighted by Gasteiger charge is -2.03. The van der Waals surface area contributed by atoms with E-state index in [0.29, 0.717) is 17.5 Å². The van der Waals surface area contributed by atoms with Gasteiger partial charge in [-0.15, -0.1) is 11.3 Å². The Labute approximate surface area is 127 Å². The molecule has 1 aromatic carbocycles. The lowest BCUT2D eigenvalue weighted by Crippen LogP contribution is -2.05. The quantitative estimate of drug-likeness (QED) is 0.876. The van der Waals surface area contributed by atoms with Gasteiger partial charge in [0.15, 0.2) is 0 Å². The van der Waals surface area contributed by atoms with Crippen LogP contribution in [0.5, 0.6) is 5.75 Å². The van der Waals surface area contributed by atoms with Crippen LogP contribution in [0.3, 0.4) is 0 Å². The number of halogens is 1. The minimum Gasteiger partial charge on any atom is -0.486 e. The molecule has 106 valence electrons. The summed E-state index contributed by atoms with van der Waals surface area (Å²) in [5.41, 5.74) is 1.27. The van der Waals surface area contributed by atoms with E-state index in [1.165, 1.54) is 23.4 Å². The first-order chi connectivity index (χ1) is 9.76. The first-order valence-corrected chi connectivity index (χ1v) is 7.97. The van der Waals surface area contributed by atoms with Crippen molar-refractivity contribution in [2.24, 2.45) is 0 Å². The van der Waals surface area contributed by atoms with Gasteiger partial charge in [-0.05, 0) is 38.1 Å². The molecular formula is C15H17ClN2OS. The molecule has 0 atom stereocenters. The van der Waals surface area contributed by atoms with Gasteiger partial charge >= 0.3 is 0 Å². The standard InChI is InChI=1S/C15H17ClN2OS/c1-17-8-13-15(10-5-6-10)18-14(20-13)9-19-12-4-2-3-11(16)7-12/h2-4,7,10,17H,5-6,8-9H2,1H3. The number of hydrogen-bond donors (Lipinski definition) is 1. The van der Waals surface area contributed by atoms with Crippen molar-refractivity contribution >= 4 is 22.9 Å². The number of hydrogen-bond acceptors (Lipinski definition) is 4. The zero-order chi connectivity index (χ0) is 13.9. The highest BCUT2D eigenvalue weighted by Crippen LogP contribution is 2.42. The monoisotopic (exact) mass is 308 g/mol. The molecule has 1 saturated carbocycles. The highest BCUT2D eigenvalue weighted by atomic mass is 35.5. The maximum Gasteiger partial charge on any atom is 0.140 e. The molecule has 0 amide bonds. The first-order valence-electron chi connectivity index (χ1n) is 6.77. The van der Waals surface area contributed by atoms with Crippen molar-refractivity contribution in [1.82, 2.24) is 10.3 Å². The summed E-state index contributed by atoms with van der Waals surface area (Å²) in [5.74, 6) is 1.46. The topological polar surface area (TPSA) is 34.1 Å². The highest BCUT2D eigenvalue weighted by Gasteiger charge is 2.29. The van der Waals surface area contributed by atoms with E-state index in [2.05, 4.69) is 5.32 Å². The minimum atomic E-state index is 0.508. The SMILES string of the molecule is CNCc1sc(COc2cccc(Cl)c2)nc1C1CC1. The van der Waals surface area contributed by atoms with Gasteiger partial charge < -0.3 is 10.1 Å². The molecule has 0 bridgehead atoms. The summed E-state index contributed by atoms with van der Waals surface area (Å²) in [6.07, 6.45) is 2.55. The van der Waals surface area contributed by atoms with Gasteiger partial charge in [-0.25, -0.2) is 4.98 Å². The summed E-state index contributed by atoms with van der Waals surface area (Å²) in [6, 6.07) is 7.47. The molecule has 0 radical (unpaired) electrons. The molecule has 0 saturated heterocycles. The molecule has 0 spiro atoms. The van der Waals surface area contributed by atoms with Gasteiger partial charge in [0.2, 0.25) is 0 Å². The summed E-state index contributed by atoms with van der Waals surface area (Å²) < 4.78 is 5.76. The molecule has 1 fully saturated rings. The Kier molecular flexibility index (Phi) is 4.24. The number of benzene rings is 1. The van der Waals surface area contributed by atoms with Crippen molar-refractivity contribution in [3.05, 3.63) is 44.9 Å². The second kappa shape index (κ2) is 6.12. The third kappa shape index (κ3) is 3.32. The van der Waals surface area contributed by atoms with Crippen molar-refractivity contribution in [3.63, 3.8) is 0 Å². The Bertz CT molecular complexity index is 595. The summed E-state index contributed by atoms with van der Waals surface area (Å²) in [4.78, 5) is 6.10. The van der Waals surface area contributed by atoms with E-state index in [1.54, 1.807) is 11.3 Å². The van der Waals surface area contributed by atoms with Crippen LogP contribution in [0.4, 0.5) is 0 Å². The number of nitrogens with one attached hydrogen (secondary N) is 1. The number of rotatable bonds is 6. The second-order valence-electron chi connectivity index (χ2n) is 4.97. The first kappa shape index (κ1) is 13.9. The van der Waals surface area contributed by atoms with Crippen molar-refractivity contribution in [1.29, 1.82) is 0 Å². The fraction of sp³-hybridized carbons (Fsp3) is 0.400. The minimum absolute atomic E-state index is 0.508. The molecule has 2 aromatic rings. The fourth-order valence-electron chi connectivity index (χ4n) is 2.14. The second-order valence-corrected chi connectivity index (χ2v) is 6.57. The molecule has 3 nitrogen and oxygen atoms in total. The molecular weight excluding hydrogens is 292 g/mol. The van der Waals surface area contributed by atoms with E-state index < -0.39 is 0 Å². The Morgan fingerprint density at radius 3 is 3.00 bits per heavy atom. The van der Waals surface area contributed by atoms with Crippen LogP contribution in [0.15, 0.2) is 24.3 Å². The molecule has 0 unspecified atom stereocenters. The molecule has 1 N–H and O–H groups in total. The van der Waals surface area contributed by atoms with Gasteiger partial charge in [-0.2, -0.15) is 0 Å². The number of ether oxygens (including phenoxy) is 1. The van der Waals surface area contributed by atoms with Gasteiger partial charge in [0.05, 0.1) is 5.69 Å². The van der Waals surface area contributed by atoms with E-state index in [0.717, 1.165) is 17.3 Å². The number of nitrogens with zero attached hydrogens (tertiary/aromatic N) is 1. The highest BCUT2D eigenvalue weighted by molar-refractivity contribution is 7.11. The zero-order valence-electron chi connectivity index (χ0n) is 11.4. The van der Waals surface area contributed by atoms with Gasteiger partial charge in [0, 0.05) is 22.4 Å². The lowest BCUT2D eigenvalue weighted by atomic mass is 10.2. The van der Waals surface area contributed by atoms with E-state index in [9.17, 15) is 0 Å². The van der Waals surface area contributed by atoms with Crippen molar-refractivity contribution < 1.29 is 4.74 Å².